The normalized spacial score (nSPS) is 10.7. The molecular weight excluding hydrogens is 370 g/mol. The van der Waals surface area contributed by atoms with E-state index in [-0.39, 0.29) is 16.9 Å². The first-order valence-electron chi connectivity index (χ1n) is 6.18. The second kappa shape index (κ2) is 6.88. The zero-order chi connectivity index (χ0) is 17.0. The predicted octanol–water partition coefficient (Wildman–Crippen LogP) is 2.53. The fraction of sp³-hybridized carbons (Fsp3) is 0. The first-order valence-corrected chi connectivity index (χ1v) is 6.97. The Bertz CT molecular complexity index is 790. The van der Waals surface area contributed by atoms with Gasteiger partial charge >= 0.3 is 5.69 Å². The molecule has 2 aromatic carbocycles. The molecule has 0 aliphatic carbocycles. The Kier molecular flexibility index (Phi) is 4.91. The van der Waals surface area contributed by atoms with Crippen molar-refractivity contribution in [1.29, 1.82) is 0 Å². The number of aromatic hydroxyl groups is 2. The van der Waals surface area contributed by atoms with Crippen LogP contribution in [0.25, 0.3) is 0 Å². The van der Waals surface area contributed by atoms with Crippen LogP contribution in [0.1, 0.15) is 15.9 Å². The lowest BCUT2D eigenvalue weighted by Gasteiger charge is -2.02. The molecule has 118 valence electrons. The Morgan fingerprint density at radius 3 is 2.52 bits per heavy atom. The van der Waals surface area contributed by atoms with Crippen molar-refractivity contribution in [3.63, 3.8) is 0 Å². The number of benzene rings is 2. The molecule has 3 N–H and O–H groups in total. The van der Waals surface area contributed by atoms with Crippen LogP contribution in [0.4, 0.5) is 5.69 Å². The van der Waals surface area contributed by atoms with E-state index in [9.17, 15) is 20.0 Å². The molecule has 2 rings (SSSR count). The molecular formula is C14H10BrN3O5. The van der Waals surface area contributed by atoms with E-state index < -0.39 is 22.3 Å². The van der Waals surface area contributed by atoms with Crippen LogP contribution in [0.5, 0.6) is 11.5 Å². The zero-order valence-corrected chi connectivity index (χ0v) is 13.0. The highest BCUT2D eigenvalue weighted by Crippen LogP contribution is 2.32. The summed E-state index contributed by atoms with van der Waals surface area (Å²) in [5.74, 6) is -1.07. The van der Waals surface area contributed by atoms with Gasteiger partial charge in [-0.3, -0.25) is 14.9 Å². The number of halogens is 1. The average Bonchev–Trinajstić information content (AvgIpc) is 2.50. The van der Waals surface area contributed by atoms with Crippen LogP contribution >= 0.6 is 15.9 Å². The van der Waals surface area contributed by atoms with Crippen molar-refractivity contribution in [2.24, 2.45) is 5.10 Å². The highest BCUT2D eigenvalue weighted by Gasteiger charge is 2.17. The smallest absolute Gasteiger partial charge is 0.312 e. The van der Waals surface area contributed by atoms with Gasteiger partial charge in [-0.2, -0.15) is 5.10 Å². The second-order valence-electron chi connectivity index (χ2n) is 4.37. The molecule has 2 aromatic rings. The minimum atomic E-state index is -0.730. The maximum Gasteiger partial charge on any atom is 0.312 e. The lowest BCUT2D eigenvalue weighted by atomic mass is 10.2. The number of hydrogen-bond acceptors (Lipinski definition) is 6. The Morgan fingerprint density at radius 2 is 1.91 bits per heavy atom. The molecule has 23 heavy (non-hydrogen) atoms. The molecule has 0 radical (unpaired) electrons. The Labute approximate surface area is 138 Å². The van der Waals surface area contributed by atoms with Crippen LogP contribution in [0.15, 0.2) is 46.0 Å². The van der Waals surface area contributed by atoms with Gasteiger partial charge in [0, 0.05) is 21.7 Å². The lowest BCUT2D eigenvalue weighted by molar-refractivity contribution is -0.385. The number of nitrogens with zero attached hydrogens (tertiary/aromatic N) is 2. The lowest BCUT2D eigenvalue weighted by Crippen LogP contribution is -2.17. The van der Waals surface area contributed by atoms with Gasteiger partial charge in [0.2, 0.25) is 5.75 Å². The van der Waals surface area contributed by atoms with Gasteiger partial charge in [0.15, 0.2) is 0 Å². The van der Waals surface area contributed by atoms with Crippen LogP contribution in [-0.2, 0) is 0 Å². The highest BCUT2D eigenvalue weighted by atomic mass is 79.9. The number of phenolic OH excluding ortho intramolecular Hbond substituents is 2. The van der Waals surface area contributed by atoms with Gasteiger partial charge in [-0.1, -0.05) is 15.9 Å². The SMILES string of the molecule is O=C(N/N=C\c1cc(Br)cc([N+](=O)[O-])c1O)c1ccc(O)cc1. The summed E-state index contributed by atoms with van der Waals surface area (Å²) >= 11 is 3.09. The minimum Gasteiger partial charge on any atom is -0.508 e. The average molecular weight is 380 g/mol. The summed E-state index contributed by atoms with van der Waals surface area (Å²) in [5.41, 5.74) is 2.07. The van der Waals surface area contributed by atoms with Crippen molar-refractivity contribution in [1.82, 2.24) is 5.43 Å². The summed E-state index contributed by atoms with van der Waals surface area (Å²) in [7, 11) is 0. The number of carbonyl (C=O) groups excluding carboxylic acids is 1. The second-order valence-corrected chi connectivity index (χ2v) is 5.28. The largest absolute Gasteiger partial charge is 0.508 e. The number of rotatable bonds is 4. The fourth-order valence-corrected chi connectivity index (χ4v) is 2.14. The van der Waals surface area contributed by atoms with Crippen LogP contribution in [0.3, 0.4) is 0 Å². The standard InChI is InChI=1S/C14H10BrN3O5/c15-10-5-9(13(20)12(6-10)18(22)23)7-16-17-14(21)8-1-3-11(19)4-2-8/h1-7,19-20H,(H,17,21)/b16-7-. The molecule has 0 aliphatic heterocycles. The number of hydrogen-bond donors (Lipinski definition) is 3. The van der Waals surface area contributed by atoms with Gasteiger partial charge in [-0.05, 0) is 30.3 Å². The van der Waals surface area contributed by atoms with Crippen LogP contribution in [0.2, 0.25) is 0 Å². The molecule has 1 amide bonds. The van der Waals surface area contributed by atoms with E-state index >= 15 is 0 Å². The summed E-state index contributed by atoms with van der Waals surface area (Å²) in [6, 6.07) is 8.08. The molecule has 0 aromatic heterocycles. The summed E-state index contributed by atoms with van der Waals surface area (Å²) in [6.45, 7) is 0. The molecule has 0 heterocycles. The van der Waals surface area contributed by atoms with Gasteiger partial charge < -0.3 is 10.2 Å². The Balaban J connectivity index is 2.16. The summed E-state index contributed by atoms with van der Waals surface area (Å²) in [4.78, 5) is 21.9. The topological polar surface area (TPSA) is 125 Å². The van der Waals surface area contributed by atoms with Crippen LogP contribution < -0.4 is 5.43 Å². The molecule has 0 unspecified atom stereocenters. The van der Waals surface area contributed by atoms with Crippen LogP contribution in [0, 0.1) is 10.1 Å². The fourth-order valence-electron chi connectivity index (χ4n) is 1.68. The monoisotopic (exact) mass is 379 g/mol. The van der Waals surface area contributed by atoms with E-state index in [1.807, 2.05) is 0 Å². The van der Waals surface area contributed by atoms with E-state index in [1.54, 1.807) is 0 Å². The summed E-state index contributed by atoms with van der Waals surface area (Å²) in [5, 5.41) is 33.4. The number of carbonyl (C=O) groups is 1. The van der Waals surface area contributed by atoms with Gasteiger partial charge in [0.25, 0.3) is 5.91 Å². The van der Waals surface area contributed by atoms with E-state index in [0.717, 1.165) is 12.3 Å². The van der Waals surface area contributed by atoms with Crippen LogP contribution in [-0.4, -0.2) is 27.3 Å². The molecule has 0 spiro atoms. The number of nitro benzene ring substituents is 1. The summed E-state index contributed by atoms with van der Waals surface area (Å²) < 4.78 is 0.383. The molecule has 0 saturated carbocycles. The molecule has 9 heteroatoms. The van der Waals surface area contributed by atoms with Gasteiger partial charge in [-0.25, -0.2) is 5.43 Å². The number of hydrazone groups is 1. The molecule has 0 aliphatic rings. The molecule has 0 bridgehead atoms. The highest BCUT2D eigenvalue weighted by molar-refractivity contribution is 9.10. The third kappa shape index (κ3) is 4.04. The number of nitro groups is 1. The Morgan fingerprint density at radius 1 is 1.26 bits per heavy atom. The predicted molar refractivity (Wildman–Crippen MR) is 85.6 cm³/mol. The first kappa shape index (κ1) is 16.4. The molecule has 8 nitrogen and oxygen atoms in total. The zero-order valence-electron chi connectivity index (χ0n) is 11.4. The maximum atomic E-state index is 11.8. The number of amides is 1. The third-order valence-electron chi connectivity index (χ3n) is 2.78. The quantitative estimate of drug-likeness (QED) is 0.427. The van der Waals surface area contributed by atoms with Gasteiger partial charge in [0.05, 0.1) is 11.1 Å². The molecule has 0 fully saturated rings. The van der Waals surface area contributed by atoms with Crippen molar-refractivity contribution < 1.29 is 19.9 Å². The van der Waals surface area contributed by atoms with E-state index in [4.69, 9.17) is 5.11 Å². The maximum absolute atomic E-state index is 11.8. The number of phenols is 2. The van der Waals surface area contributed by atoms with E-state index in [2.05, 4.69) is 26.5 Å². The Hall–Kier alpha value is -2.94. The van der Waals surface area contributed by atoms with Crippen molar-refractivity contribution >= 4 is 33.7 Å². The molecule has 0 saturated heterocycles. The number of nitrogens with one attached hydrogen (secondary N) is 1. The third-order valence-corrected chi connectivity index (χ3v) is 3.24. The van der Waals surface area contributed by atoms with Crippen molar-refractivity contribution in [2.75, 3.05) is 0 Å². The van der Waals surface area contributed by atoms with Gasteiger partial charge in [-0.15, -0.1) is 0 Å². The minimum absolute atomic E-state index is 0.0245. The van der Waals surface area contributed by atoms with Crippen molar-refractivity contribution in [2.45, 2.75) is 0 Å². The molecule has 0 atom stereocenters. The van der Waals surface area contributed by atoms with Crippen molar-refractivity contribution in [3.8, 4) is 11.5 Å². The van der Waals surface area contributed by atoms with Gasteiger partial charge in [0.1, 0.15) is 5.75 Å². The van der Waals surface area contributed by atoms with E-state index in [0.29, 0.717) is 4.47 Å². The summed E-state index contributed by atoms with van der Waals surface area (Å²) in [6.07, 6.45) is 1.09. The van der Waals surface area contributed by atoms with Crippen molar-refractivity contribution in [3.05, 3.63) is 62.1 Å². The first-order chi connectivity index (χ1) is 10.9. The van der Waals surface area contributed by atoms with E-state index in [1.165, 1.54) is 30.3 Å².